The van der Waals surface area contributed by atoms with Gasteiger partial charge in [0.1, 0.15) is 4.99 Å². The number of hydrogen-bond donors (Lipinski definition) is 1. The third kappa shape index (κ3) is 2.23. The Bertz CT molecular complexity index is 684. The van der Waals surface area contributed by atoms with Crippen molar-refractivity contribution < 1.29 is 0 Å². The zero-order valence-electron chi connectivity index (χ0n) is 11.1. The first kappa shape index (κ1) is 13.6. The molecule has 1 heterocycles. The van der Waals surface area contributed by atoms with Crippen LogP contribution in [0.2, 0.25) is 0 Å². The molecule has 1 atom stereocenters. The topological polar surface area (TPSA) is 29.3 Å². The molecule has 102 valence electrons. The van der Waals surface area contributed by atoms with E-state index in [9.17, 15) is 0 Å². The second-order valence-corrected chi connectivity index (χ2v) is 6.43. The van der Waals surface area contributed by atoms with Crippen LogP contribution < -0.4 is 10.6 Å². The maximum atomic E-state index is 5.89. The summed E-state index contributed by atoms with van der Waals surface area (Å²) in [6.45, 7) is 2.23. The van der Waals surface area contributed by atoms with Crippen molar-refractivity contribution in [1.82, 2.24) is 0 Å². The molecular weight excluding hydrogens is 332 g/mol. The molecule has 0 saturated carbocycles. The highest BCUT2D eigenvalue weighted by molar-refractivity contribution is 9.10. The number of rotatable bonds is 2. The number of para-hydroxylation sites is 1. The van der Waals surface area contributed by atoms with Gasteiger partial charge in [-0.2, -0.15) is 0 Å². The van der Waals surface area contributed by atoms with E-state index in [-0.39, 0.29) is 0 Å². The number of nitrogens with zero attached hydrogens (tertiary/aromatic N) is 1. The molecule has 0 aromatic heterocycles. The predicted molar refractivity (Wildman–Crippen MR) is 91.8 cm³/mol. The first-order chi connectivity index (χ1) is 9.58. The number of benzene rings is 2. The zero-order valence-corrected chi connectivity index (χ0v) is 13.5. The zero-order chi connectivity index (χ0) is 14.3. The van der Waals surface area contributed by atoms with Gasteiger partial charge in [-0.05, 0) is 43.2 Å². The van der Waals surface area contributed by atoms with Gasteiger partial charge in [0.2, 0.25) is 0 Å². The maximum Gasteiger partial charge on any atom is 0.106 e. The molecule has 2 nitrogen and oxygen atoms in total. The SMILES string of the molecule is CC1Cc2ccccc2N1c1cc(Br)ccc1C(N)=S. The Labute approximate surface area is 132 Å². The monoisotopic (exact) mass is 346 g/mol. The van der Waals surface area contributed by atoms with Crippen LogP contribution in [0.15, 0.2) is 46.9 Å². The third-order valence-electron chi connectivity index (χ3n) is 3.69. The fourth-order valence-corrected chi connectivity index (χ4v) is 3.37. The molecule has 2 aromatic carbocycles. The molecule has 0 amide bonds. The van der Waals surface area contributed by atoms with Crippen LogP contribution in [0.3, 0.4) is 0 Å². The molecule has 20 heavy (non-hydrogen) atoms. The Morgan fingerprint density at radius 1 is 1.25 bits per heavy atom. The molecule has 0 radical (unpaired) electrons. The lowest BCUT2D eigenvalue weighted by Gasteiger charge is -2.27. The van der Waals surface area contributed by atoms with Crippen molar-refractivity contribution in [2.45, 2.75) is 19.4 Å². The van der Waals surface area contributed by atoms with E-state index in [1.165, 1.54) is 11.3 Å². The van der Waals surface area contributed by atoms with Crippen molar-refractivity contribution in [2.75, 3.05) is 4.90 Å². The van der Waals surface area contributed by atoms with Crippen LogP contribution in [-0.2, 0) is 6.42 Å². The van der Waals surface area contributed by atoms with Crippen LogP contribution in [0.4, 0.5) is 11.4 Å². The Kier molecular flexibility index (Phi) is 3.52. The predicted octanol–water partition coefficient (Wildman–Crippen LogP) is 4.17. The molecular formula is C16H15BrN2S. The first-order valence-corrected chi connectivity index (χ1v) is 7.74. The van der Waals surface area contributed by atoms with Gasteiger partial charge in [0, 0.05) is 21.8 Å². The second-order valence-electron chi connectivity index (χ2n) is 5.08. The summed E-state index contributed by atoms with van der Waals surface area (Å²) >= 11 is 8.74. The molecule has 4 heteroatoms. The highest BCUT2D eigenvalue weighted by atomic mass is 79.9. The molecule has 3 rings (SSSR count). The fourth-order valence-electron chi connectivity index (χ4n) is 2.85. The van der Waals surface area contributed by atoms with Gasteiger partial charge < -0.3 is 10.6 Å². The first-order valence-electron chi connectivity index (χ1n) is 6.54. The van der Waals surface area contributed by atoms with E-state index in [0.717, 1.165) is 22.1 Å². The van der Waals surface area contributed by atoms with Gasteiger partial charge >= 0.3 is 0 Å². The molecule has 0 fully saturated rings. The number of fused-ring (bicyclic) bond motifs is 1. The number of nitrogens with two attached hydrogens (primary N) is 1. The van der Waals surface area contributed by atoms with E-state index in [1.54, 1.807) is 0 Å². The van der Waals surface area contributed by atoms with Crippen molar-refractivity contribution in [3.63, 3.8) is 0 Å². The van der Waals surface area contributed by atoms with Gasteiger partial charge in [0.15, 0.2) is 0 Å². The van der Waals surface area contributed by atoms with Gasteiger partial charge in [-0.3, -0.25) is 0 Å². The summed E-state index contributed by atoms with van der Waals surface area (Å²) in [4.78, 5) is 2.76. The molecule has 2 aromatic rings. The van der Waals surface area contributed by atoms with Crippen LogP contribution in [0.1, 0.15) is 18.1 Å². The van der Waals surface area contributed by atoms with E-state index in [4.69, 9.17) is 18.0 Å². The summed E-state index contributed by atoms with van der Waals surface area (Å²) in [7, 11) is 0. The molecule has 2 N–H and O–H groups in total. The third-order valence-corrected chi connectivity index (χ3v) is 4.41. The molecule has 0 saturated heterocycles. The summed E-state index contributed by atoms with van der Waals surface area (Å²) in [5.74, 6) is 0. The Balaban J connectivity index is 2.18. The molecule has 1 aliphatic heterocycles. The Morgan fingerprint density at radius 3 is 2.75 bits per heavy atom. The number of halogens is 1. The Morgan fingerprint density at radius 2 is 2.00 bits per heavy atom. The van der Waals surface area contributed by atoms with E-state index in [0.29, 0.717) is 11.0 Å². The van der Waals surface area contributed by atoms with Crippen LogP contribution in [0.25, 0.3) is 0 Å². The molecule has 0 bridgehead atoms. The van der Waals surface area contributed by atoms with Crippen LogP contribution in [0.5, 0.6) is 0 Å². The summed E-state index contributed by atoms with van der Waals surface area (Å²) in [6, 6.07) is 14.9. The lowest BCUT2D eigenvalue weighted by Crippen LogP contribution is -2.26. The standard InChI is InChI=1S/C16H15BrN2S/c1-10-8-11-4-2-3-5-14(11)19(10)15-9-12(17)6-7-13(15)16(18)20/h2-7,9-10H,8H2,1H3,(H2,18,20). The minimum Gasteiger partial charge on any atom is -0.389 e. The second kappa shape index (κ2) is 5.19. The summed E-state index contributed by atoms with van der Waals surface area (Å²) in [6.07, 6.45) is 1.04. The lowest BCUT2D eigenvalue weighted by atomic mass is 10.1. The van der Waals surface area contributed by atoms with Gasteiger partial charge in [0.25, 0.3) is 0 Å². The minimum absolute atomic E-state index is 0.398. The summed E-state index contributed by atoms with van der Waals surface area (Å²) in [5, 5.41) is 0. The van der Waals surface area contributed by atoms with Crippen LogP contribution in [-0.4, -0.2) is 11.0 Å². The van der Waals surface area contributed by atoms with Crippen molar-refractivity contribution in [3.8, 4) is 0 Å². The van der Waals surface area contributed by atoms with Gasteiger partial charge in [-0.1, -0.05) is 46.3 Å². The molecule has 1 aliphatic rings. The number of hydrogen-bond acceptors (Lipinski definition) is 2. The van der Waals surface area contributed by atoms with Crippen molar-refractivity contribution >= 4 is 44.5 Å². The molecule has 1 unspecified atom stereocenters. The van der Waals surface area contributed by atoms with Crippen LogP contribution in [0, 0.1) is 0 Å². The lowest BCUT2D eigenvalue weighted by molar-refractivity contribution is 0.758. The van der Waals surface area contributed by atoms with E-state index in [2.05, 4.69) is 58.1 Å². The highest BCUT2D eigenvalue weighted by Crippen LogP contribution is 2.40. The van der Waals surface area contributed by atoms with Gasteiger partial charge in [-0.25, -0.2) is 0 Å². The van der Waals surface area contributed by atoms with E-state index >= 15 is 0 Å². The van der Waals surface area contributed by atoms with Gasteiger partial charge in [-0.15, -0.1) is 0 Å². The highest BCUT2D eigenvalue weighted by Gasteiger charge is 2.28. The largest absolute Gasteiger partial charge is 0.389 e. The van der Waals surface area contributed by atoms with Gasteiger partial charge in [0.05, 0.1) is 5.69 Å². The van der Waals surface area contributed by atoms with Crippen molar-refractivity contribution in [3.05, 3.63) is 58.1 Å². The summed E-state index contributed by atoms with van der Waals surface area (Å²) in [5.41, 5.74) is 10.5. The van der Waals surface area contributed by atoms with E-state index < -0.39 is 0 Å². The normalized spacial score (nSPS) is 17.1. The van der Waals surface area contributed by atoms with Crippen molar-refractivity contribution in [1.29, 1.82) is 0 Å². The van der Waals surface area contributed by atoms with E-state index in [1.807, 2.05) is 12.1 Å². The molecule has 0 aliphatic carbocycles. The minimum atomic E-state index is 0.398. The molecule has 0 spiro atoms. The maximum absolute atomic E-state index is 5.89. The number of thiocarbonyl (C=S) groups is 1. The van der Waals surface area contributed by atoms with Crippen molar-refractivity contribution in [2.24, 2.45) is 5.73 Å². The smallest absolute Gasteiger partial charge is 0.106 e. The average Bonchev–Trinajstić information content (AvgIpc) is 2.73. The summed E-state index contributed by atoms with van der Waals surface area (Å²) < 4.78 is 1.03. The fraction of sp³-hybridized carbons (Fsp3) is 0.188. The quantitative estimate of drug-likeness (QED) is 0.827. The van der Waals surface area contributed by atoms with Crippen LogP contribution >= 0.6 is 28.1 Å². The number of anilines is 2. The average molecular weight is 347 g/mol. The Hall–Kier alpha value is -1.39.